The van der Waals surface area contributed by atoms with Gasteiger partial charge in [0.25, 0.3) is 5.91 Å². The summed E-state index contributed by atoms with van der Waals surface area (Å²) in [5.41, 5.74) is 3.71. The van der Waals surface area contributed by atoms with Crippen LogP contribution in [0, 0.1) is 6.92 Å². The summed E-state index contributed by atoms with van der Waals surface area (Å²) in [6.07, 6.45) is 6.01. The Morgan fingerprint density at radius 2 is 1.89 bits per heavy atom. The average molecular weight is 515 g/mol. The highest BCUT2D eigenvalue weighted by Gasteiger charge is 2.24. The normalized spacial score (nSPS) is 11.0. The van der Waals surface area contributed by atoms with Gasteiger partial charge < -0.3 is 19.5 Å². The number of benzene rings is 1. The van der Waals surface area contributed by atoms with Crippen molar-refractivity contribution < 1.29 is 14.0 Å². The molecule has 5 rings (SSSR count). The van der Waals surface area contributed by atoms with Crippen LogP contribution >= 0.6 is 11.6 Å². The van der Waals surface area contributed by atoms with Crippen molar-refractivity contribution in [2.24, 2.45) is 0 Å². The predicted molar refractivity (Wildman–Crippen MR) is 140 cm³/mol. The summed E-state index contributed by atoms with van der Waals surface area (Å²) >= 11 is 6.44. The van der Waals surface area contributed by atoms with Crippen LogP contribution in [-0.2, 0) is 11.2 Å². The number of rotatable bonds is 7. The number of aromatic nitrogens is 4. The smallest absolute Gasteiger partial charge is 0.273 e. The minimum Gasteiger partial charge on any atom is -0.435 e. The molecule has 186 valence electrons. The third kappa shape index (κ3) is 5.22. The van der Waals surface area contributed by atoms with Crippen molar-refractivity contribution in [3.05, 3.63) is 89.1 Å². The highest BCUT2D eigenvalue weighted by Crippen LogP contribution is 2.35. The van der Waals surface area contributed by atoms with Crippen molar-refractivity contribution in [1.29, 1.82) is 0 Å². The van der Waals surface area contributed by atoms with Crippen molar-refractivity contribution in [3.8, 4) is 22.8 Å². The Kier molecular flexibility index (Phi) is 6.70. The summed E-state index contributed by atoms with van der Waals surface area (Å²) in [6, 6.07) is 14.5. The van der Waals surface area contributed by atoms with Gasteiger partial charge in [-0.2, -0.15) is 0 Å². The quantitative estimate of drug-likeness (QED) is 0.318. The second-order valence-corrected chi connectivity index (χ2v) is 8.85. The summed E-state index contributed by atoms with van der Waals surface area (Å²) < 4.78 is 8.06. The Hall–Kier alpha value is -4.50. The number of carbonyl (C=O) groups is 2. The first-order chi connectivity index (χ1) is 17.9. The molecule has 5 aromatic rings. The number of imidazole rings is 1. The summed E-state index contributed by atoms with van der Waals surface area (Å²) in [5.74, 6) is 0.165. The van der Waals surface area contributed by atoms with Crippen molar-refractivity contribution >= 4 is 34.9 Å². The summed E-state index contributed by atoms with van der Waals surface area (Å²) in [6.45, 7) is 3.60. The molecule has 0 saturated heterocycles. The highest BCUT2D eigenvalue weighted by atomic mass is 35.5. The molecule has 1 aromatic carbocycles. The van der Waals surface area contributed by atoms with Gasteiger partial charge in [-0.25, -0.2) is 15.0 Å². The van der Waals surface area contributed by atoms with Crippen LogP contribution in [0.2, 0.25) is 5.02 Å². The monoisotopic (exact) mass is 514 g/mol. The molecular formula is C27H23ClN6O3. The number of hydrogen-bond donors (Lipinski definition) is 2. The molecule has 0 atom stereocenters. The van der Waals surface area contributed by atoms with E-state index < -0.39 is 5.91 Å². The third-order valence-electron chi connectivity index (χ3n) is 5.68. The molecule has 2 amide bonds. The van der Waals surface area contributed by atoms with E-state index in [1.54, 1.807) is 36.5 Å². The number of fused-ring (bicyclic) bond motifs is 1. The number of nitrogens with zero attached hydrogens (tertiary/aromatic N) is 4. The molecule has 2 N–H and O–H groups in total. The molecule has 0 aliphatic carbocycles. The standard InChI is InChI=1S/C27H23ClN6O3/c1-16-14-30-22(31-17(2)35)13-20(16)27-33-24(25(37-27)19-7-3-4-8-21(19)28)26(36)29-11-10-18-15-34-12-6-5-9-23(34)32-18/h3-9,12-15H,10-11H2,1-2H3,(H,29,36)(H,30,31,35). The molecule has 9 nitrogen and oxygen atoms in total. The maximum absolute atomic E-state index is 13.3. The van der Waals surface area contributed by atoms with Crippen molar-refractivity contribution in [1.82, 2.24) is 24.7 Å². The fraction of sp³-hybridized carbons (Fsp3) is 0.148. The van der Waals surface area contributed by atoms with Crippen molar-refractivity contribution in [2.75, 3.05) is 11.9 Å². The van der Waals surface area contributed by atoms with Gasteiger partial charge in [0.2, 0.25) is 11.8 Å². The van der Waals surface area contributed by atoms with Gasteiger partial charge in [-0.1, -0.05) is 29.8 Å². The van der Waals surface area contributed by atoms with Crippen LogP contribution in [-0.4, -0.2) is 37.7 Å². The van der Waals surface area contributed by atoms with E-state index in [-0.39, 0.29) is 23.3 Å². The Morgan fingerprint density at radius 3 is 2.68 bits per heavy atom. The van der Waals surface area contributed by atoms with Gasteiger partial charge in [-0.05, 0) is 42.8 Å². The lowest BCUT2D eigenvalue weighted by atomic mass is 10.1. The number of nitrogens with one attached hydrogen (secondary N) is 2. The van der Waals surface area contributed by atoms with Crippen LogP contribution in [0.5, 0.6) is 0 Å². The maximum atomic E-state index is 13.3. The van der Waals surface area contributed by atoms with Crippen LogP contribution in [0.1, 0.15) is 28.7 Å². The van der Waals surface area contributed by atoms with Crippen molar-refractivity contribution in [3.63, 3.8) is 0 Å². The van der Waals surface area contributed by atoms with Crippen LogP contribution in [0.15, 0.2) is 71.5 Å². The minimum absolute atomic E-state index is 0.107. The summed E-state index contributed by atoms with van der Waals surface area (Å²) in [7, 11) is 0. The van der Waals surface area contributed by atoms with E-state index in [0.29, 0.717) is 34.9 Å². The number of pyridine rings is 2. The molecular weight excluding hydrogens is 492 g/mol. The molecule has 0 saturated carbocycles. The first-order valence-corrected chi connectivity index (χ1v) is 12.0. The van der Waals surface area contributed by atoms with E-state index in [9.17, 15) is 9.59 Å². The number of aryl methyl sites for hydroxylation is 1. The number of oxazole rings is 1. The van der Waals surface area contributed by atoms with Gasteiger partial charge in [0, 0.05) is 49.6 Å². The SMILES string of the molecule is CC(=O)Nc1cc(-c2nc(C(=O)NCCc3cn4ccccc4n3)c(-c3ccccc3Cl)o2)c(C)cn1. The Morgan fingerprint density at radius 1 is 1.08 bits per heavy atom. The largest absolute Gasteiger partial charge is 0.435 e. The zero-order valence-corrected chi connectivity index (χ0v) is 20.9. The molecule has 37 heavy (non-hydrogen) atoms. The Bertz CT molecular complexity index is 1590. The molecule has 10 heteroatoms. The number of hydrogen-bond acceptors (Lipinski definition) is 6. The first-order valence-electron chi connectivity index (χ1n) is 11.6. The second-order valence-electron chi connectivity index (χ2n) is 8.45. The molecule has 0 aliphatic rings. The van der Waals surface area contributed by atoms with Crippen LogP contribution in [0.4, 0.5) is 5.82 Å². The zero-order valence-electron chi connectivity index (χ0n) is 20.2. The molecule has 0 bridgehead atoms. The van der Waals surface area contributed by atoms with Gasteiger partial charge in [-0.15, -0.1) is 0 Å². The molecule has 0 radical (unpaired) electrons. The molecule has 0 spiro atoms. The molecule has 4 heterocycles. The molecule has 0 fully saturated rings. The maximum Gasteiger partial charge on any atom is 0.273 e. The topological polar surface area (TPSA) is 114 Å². The molecule has 0 unspecified atom stereocenters. The highest BCUT2D eigenvalue weighted by molar-refractivity contribution is 6.33. The van der Waals surface area contributed by atoms with Crippen molar-refractivity contribution in [2.45, 2.75) is 20.3 Å². The van der Waals surface area contributed by atoms with Gasteiger partial charge in [-0.3, -0.25) is 9.59 Å². The van der Waals surface area contributed by atoms with Gasteiger partial charge in [0.1, 0.15) is 11.5 Å². The Balaban J connectivity index is 1.45. The fourth-order valence-corrected chi connectivity index (χ4v) is 4.14. The minimum atomic E-state index is -0.400. The molecule has 4 aromatic heterocycles. The fourth-order valence-electron chi connectivity index (χ4n) is 3.92. The van der Waals surface area contributed by atoms with Gasteiger partial charge in [0.15, 0.2) is 11.5 Å². The van der Waals surface area contributed by atoms with Gasteiger partial charge >= 0.3 is 0 Å². The Labute approximate surface area is 217 Å². The molecule has 0 aliphatic heterocycles. The number of halogens is 1. The third-order valence-corrected chi connectivity index (χ3v) is 6.01. The van der Waals surface area contributed by atoms with E-state index in [2.05, 4.69) is 25.6 Å². The second kappa shape index (κ2) is 10.2. The van der Waals surface area contributed by atoms with E-state index in [1.807, 2.05) is 41.9 Å². The van der Waals surface area contributed by atoms with E-state index in [0.717, 1.165) is 16.9 Å². The zero-order chi connectivity index (χ0) is 25.9. The number of amides is 2. The van der Waals surface area contributed by atoms with E-state index >= 15 is 0 Å². The lowest BCUT2D eigenvalue weighted by Crippen LogP contribution is -2.26. The first kappa shape index (κ1) is 24.2. The average Bonchev–Trinajstić information content (AvgIpc) is 3.49. The lowest BCUT2D eigenvalue weighted by Gasteiger charge is -2.05. The van der Waals surface area contributed by atoms with E-state index in [1.165, 1.54) is 6.92 Å². The van der Waals surface area contributed by atoms with Gasteiger partial charge in [0.05, 0.1) is 10.7 Å². The lowest BCUT2D eigenvalue weighted by molar-refractivity contribution is -0.114. The summed E-state index contributed by atoms with van der Waals surface area (Å²) in [5, 5.41) is 5.99. The van der Waals surface area contributed by atoms with Crippen LogP contribution in [0.3, 0.4) is 0 Å². The van der Waals surface area contributed by atoms with Crippen LogP contribution < -0.4 is 10.6 Å². The number of carbonyl (C=O) groups excluding carboxylic acids is 2. The van der Waals surface area contributed by atoms with Crippen LogP contribution in [0.25, 0.3) is 28.4 Å². The van der Waals surface area contributed by atoms with E-state index in [4.69, 9.17) is 16.0 Å². The summed E-state index contributed by atoms with van der Waals surface area (Å²) in [4.78, 5) is 38.1. The predicted octanol–water partition coefficient (Wildman–Crippen LogP) is 4.94. The number of anilines is 1.